The minimum absolute atomic E-state index is 0.0967. The fraction of sp³-hybridized carbons (Fsp3) is 0.333. The van der Waals surface area contributed by atoms with Gasteiger partial charge in [0.15, 0.2) is 11.0 Å². The molecule has 8 heteroatoms. The van der Waals surface area contributed by atoms with Crippen LogP contribution in [0.15, 0.2) is 58.8 Å². The van der Waals surface area contributed by atoms with Crippen LogP contribution in [0.3, 0.4) is 0 Å². The van der Waals surface area contributed by atoms with E-state index in [4.69, 9.17) is 4.74 Å². The Hall–Kier alpha value is -3.13. The van der Waals surface area contributed by atoms with Crippen molar-refractivity contribution in [3.63, 3.8) is 0 Å². The van der Waals surface area contributed by atoms with Gasteiger partial charge in [0, 0.05) is 17.7 Å². The number of para-hydroxylation sites is 1. The van der Waals surface area contributed by atoms with E-state index in [0.29, 0.717) is 17.5 Å². The summed E-state index contributed by atoms with van der Waals surface area (Å²) in [5.74, 6) is 1.46. The van der Waals surface area contributed by atoms with E-state index in [2.05, 4.69) is 65.8 Å². The second-order valence-electron chi connectivity index (χ2n) is 8.20. The first-order valence-electron chi connectivity index (χ1n) is 10.4. The summed E-state index contributed by atoms with van der Waals surface area (Å²) in [5, 5.41) is 13.4. The third kappa shape index (κ3) is 5.76. The van der Waals surface area contributed by atoms with Gasteiger partial charge in [-0.15, -0.1) is 10.2 Å². The number of hydrogen-bond donors (Lipinski definition) is 1. The molecule has 7 nitrogen and oxygen atoms in total. The molecule has 1 N–H and O–H groups in total. The van der Waals surface area contributed by atoms with E-state index in [0.717, 1.165) is 17.0 Å². The zero-order chi connectivity index (χ0) is 23.1. The van der Waals surface area contributed by atoms with Crippen LogP contribution in [0.4, 0.5) is 0 Å². The topological polar surface area (TPSA) is 81.4 Å². The minimum atomic E-state index is -0.220. The summed E-state index contributed by atoms with van der Waals surface area (Å²) in [7, 11) is 1.60. The van der Waals surface area contributed by atoms with E-state index in [-0.39, 0.29) is 17.1 Å². The number of amides is 1. The maximum atomic E-state index is 12.2. The first kappa shape index (κ1) is 23.5. The Bertz CT molecular complexity index is 1080. The van der Waals surface area contributed by atoms with Crippen molar-refractivity contribution in [2.45, 2.75) is 44.8 Å². The van der Waals surface area contributed by atoms with Gasteiger partial charge in [-0.1, -0.05) is 68.9 Å². The summed E-state index contributed by atoms with van der Waals surface area (Å²) in [4.78, 5) is 12.2. The van der Waals surface area contributed by atoms with Crippen LogP contribution in [0.5, 0.6) is 5.75 Å². The van der Waals surface area contributed by atoms with Crippen molar-refractivity contribution in [3.8, 4) is 17.1 Å². The maximum Gasteiger partial charge on any atom is 0.250 e. The molecule has 1 aromatic heterocycles. The molecule has 32 heavy (non-hydrogen) atoms. The summed E-state index contributed by atoms with van der Waals surface area (Å²) in [6.45, 7) is 9.32. The number of nitrogens with zero attached hydrogens (tertiary/aromatic N) is 4. The SMILES string of the molecule is CCn1c(SCC(=O)N/N=C\c2ccccc2OC)nnc1-c1ccc(C(C)(C)C)cc1. The van der Waals surface area contributed by atoms with Crippen LogP contribution in [0.1, 0.15) is 38.8 Å². The summed E-state index contributed by atoms with van der Waals surface area (Å²) in [6.07, 6.45) is 1.56. The van der Waals surface area contributed by atoms with Crippen LogP contribution in [-0.2, 0) is 16.8 Å². The predicted octanol–water partition coefficient (Wildman–Crippen LogP) is 4.51. The van der Waals surface area contributed by atoms with E-state index >= 15 is 0 Å². The van der Waals surface area contributed by atoms with Gasteiger partial charge >= 0.3 is 0 Å². The second kappa shape index (κ2) is 10.5. The normalized spacial score (nSPS) is 11.7. The summed E-state index contributed by atoms with van der Waals surface area (Å²) in [6, 6.07) is 15.9. The van der Waals surface area contributed by atoms with Crippen molar-refractivity contribution in [1.82, 2.24) is 20.2 Å². The molecule has 0 bridgehead atoms. The second-order valence-corrected chi connectivity index (χ2v) is 9.14. The third-order valence-corrected chi connectivity index (χ3v) is 5.87. The van der Waals surface area contributed by atoms with Crippen LogP contribution in [0, 0.1) is 0 Å². The molecular formula is C24H29N5O2S. The Kier molecular flexibility index (Phi) is 7.69. The lowest BCUT2D eigenvalue weighted by Gasteiger charge is -2.19. The Balaban J connectivity index is 1.63. The number of aromatic nitrogens is 3. The maximum absolute atomic E-state index is 12.2. The number of hydrogen-bond acceptors (Lipinski definition) is 6. The van der Waals surface area contributed by atoms with Crippen LogP contribution in [0.2, 0.25) is 0 Å². The highest BCUT2D eigenvalue weighted by molar-refractivity contribution is 7.99. The van der Waals surface area contributed by atoms with Gasteiger partial charge in [-0.05, 0) is 30.0 Å². The van der Waals surface area contributed by atoms with E-state index < -0.39 is 0 Å². The molecule has 0 fully saturated rings. The van der Waals surface area contributed by atoms with Crippen LogP contribution in [-0.4, -0.2) is 39.7 Å². The number of nitrogens with one attached hydrogen (secondary N) is 1. The Morgan fingerprint density at radius 1 is 1.16 bits per heavy atom. The van der Waals surface area contributed by atoms with Gasteiger partial charge in [0.2, 0.25) is 0 Å². The molecule has 0 radical (unpaired) electrons. The average Bonchev–Trinajstić information content (AvgIpc) is 3.20. The first-order valence-corrected chi connectivity index (χ1v) is 11.4. The molecule has 3 rings (SSSR count). The fourth-order valence-electron chi connectivity index (χ4n) is 3.12. The molecule has 1 heterocycles. The summed E-state index contributed by atoms with van der Waals surface area (Å²) < 4.78 is 7.29. The first-order chi connectivity index (χ1) is 15.3. The lowest BCUT2D eigenvalue weighted by molar-refractivity contribution is -0.118. The van der Waals surface area contributed by atoms with E-state index in [1.165, 1.54) is 17.3 Å². The van der Waals surface area contributed by atoms with Crippen LogP contribution in [0.25, 0.3) is 11.4 Å². The van der Waals surface area contributed by atoms with Crippen molar-refractivity contribution in [2.75, 3.05) is 12.9 Å². The van der Waals surface area contributed by atoms with Gasteiger partial charge in [0.1, 0.15) is 5.75 Å². The van der Waals surface area contributed by atoms with E-state index in [1.54, 1.807) is 13.3 Å². The number of carbonyl (C=O) groups excluding carboxylic acids is 1. The molecule has 0 aliphatic carbocycles. The Morgan fingerprint density at radius 3 is 2.53 bits per heavy atom. The molecule has 168 valence electrons. The van der Waals surface area contributed by atoms with Gasteiger partial charge in [0.25, 0.3) is 5.91 Å². The van der Waals surface area contributed by atoms with Crippen LogP contribution >= 0.6 is 11.8 Å². The molecule has 0 aliphatic rings. The summed E-state index contributed by atoms with van der Waals surface area (Å²) in [5.41, 5.74) is 5.70. The number of carbonyl (C=O) groups is 1. The molecule has 0 spiro atoms. The van der Waals surface area contributed by atoms with Crippen molar-refractivity contribution < 1.29 is 9.53 Å². The lowest BCUT2D eigenvalue weighted by Crippen LogP contribution is -2.20. The van der Waals surface area contributed by atoms with Crippen molar-refractivity contribution in [2.24, 2.45) is 5.10 Å². The van der Waals surface area contributed by atoms with Gasteiger partial charge in [-0.2, -0.15) is 5.10 Å². The number of benzene rings is 2. The Morgan fingerprint density at radius 2 is 1.88 bits per heavy atom. The average molecular weight is 452 g/mol. The molecule has 0 atom stereocenters. The predicted molar refractivity (Wildman–Crippen MR) is 129 cm³/mol. The minimum Gasteiger partial charge on any atom is -0.496 e. The number of hydrazone groups is 1. The molecule has 0 saturated carbocycles. The quantitative estimate of drug-likeness (QED) is 0.309. The largest absolute Gasteiger partial charge is 0.496 e. The van der Waals surface area contributed by atoms with Gasteiger partial charge in [0.05, 0.1) is 19.1 Å². The fourth-order valence-corrected chi connectivity index (χ4v) is 3.92. The number of methoxy groups -OCH3 is 1. The van der Waals surface area contributed by atoms with E-state index in [9.17, 15) is 4.79 Å². The monoisotopic (exact) mass is 451 g/mol. The molecule has 2 aromatic carbocycles. The van der Waals surface area contributed by atoms with Crippen molar-refractivity contribution in [1.29, 1.82) is 0 Å². The zero-order valence-electron chi connectivity index (χ0n) is 19.1. The van der Waals surface area contributed by atoms with Gasteiger partial charge in [-0.25, -0.2) is 5.43 Å². The van der Waals surface area contributed by atoms with Gasteiger partial charge < -0.3 is 9.30 Å². The van der Waals surface area contributed by atoms with Crippen LogP contribution < -0.4 is 10.2 Å². The molecule has 0 unspecified atom stereocenters. The number of thioether (sulfide) groups is 1. The number of ether oxygens (including phenoxy) is 1. The molecular weight excluding hydrogens is 422 g/mol. The standard InChI is InChI=1S/C24H29N5O2S/c1-6-29-22(17-11-13-19(14-12-17)24(2,3)4)27-28-23(29)32-16-21(30)26-25-15-18-9-7-8-10-20(18)31-5/h7-15H,6,16H2,1-5H3,(H,26,30)/b25-15-. The van der Waals surface area contributed by atoms with E-state index in [1.807, 2.05) is 35.8 Å². The highest BCUT2D eigenvalue weighted by Crippen LogP contribution is 2.27. The molecule has 0 aliphatic heterocycles. The molecule has 1 amide bonds. The van der Waals surface area contributed by atoms with Crippen molar-refractivity contribution in [3.05, 3.63) is 59.7 Å². The third-order valence-electron chi connectivity index (χ3n) is 4.91. The molecule has 0 saturated heterocycles. The zero-order valence-corrected chi connectivity index (χ0v) is 19.9. The highest BCUT2D eigenvalue weighted by Gasteiger charge is 2.17. The van der Waals surface area contributed by atoms with Crippen molar-refractivity contribution >= 4 is 23.9 Å². The highest BCUT2D eigenvalue weighted by atomic mass is 32.2. The number of rotatable bonds is 8. The molecule has 3 aromatic rings. The smallest absolute Gasteiger partial charge is 0.250 e. The van der Waals surface area contributed by atoms with Gasteiger partial charge in [-0.3, -0.25) is 4.79 Å². The Labute approximate surface area is 193 Å². The lowest BCUT2D eigenvalue weighted by atomic mass is 9.87. The summed E-state index contributed by atoms with van der Waals surface area (Å²) >= 11 is 1.34.